The molecule has 17 nitrogen and oxygen atoms in total. The van der Waals surface area contributed by atoms with Crippen molar-refractivity contribution in [2.75, 3.05) is 39.6 Å². The molecule has 0 fully saturated rings. The number of phosphoric ester groups is 2. The molecule has 0 aliphatic carbocycles. The zero-order valence-corrected chi connectivity index (χ0v) is 59.2. The molecular weight excluding hydrogens is 1170 g/mol. The summed E-state index contributed by atoms with van der Waals surface area (Å²) in [5.41, 5.74) is 0. The average molecular weight is 1310 g/mol. The van der Waals surface area contributed by atoms with Crippen molar-refractivity contribution < 1.29 is 80.2 Å². The SMILES string of the molecule is CCCCCCCCCCCCCCCCCCCCC(=O)O[C@H](COC(=O)CCCCCCCCCCCCCCCCCC)COP(=O)(O)OC[C@@H](O)COP(=O)(O)OC[C@@H](COC(=O)CCCCCCC)OC(=O)CCCCCCCCCCCC. The molecular formula is C70H136O17P2. The van der Waals surface area contributed by atoms with Crippen molar-refractivity contribution in [2.45, 2.75) is 386 Å². The number of hydrogen-bond acceptors (Lipinski definition) is 15. The monoisotopic (exact) mass is 1310 g/mol. The molecule has 0 aliphatic heterocycles. The predicted octanol–water partition coefficient (Wildman–Crippen LogP) is 20.3. The third-order valence-corrected chi connectivity index (χ3v) is 18.3. The molecule has 0 saturated heterocycles. The fraction of sp³-hybridized carbons (Fsp3) is 0.943. The number of aliphatic hydroxyl groups is 1. The standard InChI is InChI=1S/C70H136O17P2/c1-5-9-13-17-20-23-26-28-30-32-33-35-37-39-42-45-49-53-57-70(75)87-66(61-81-68(73)55-51-47-43-41-38-36-34-31-29-27-24-21-18-14-10-6-2)63-85-89(78,79)83-59-64(71)58-82-88(76,77)84-62-65(60-80-67(72)54-50-46-16-12-8-4)86-69(74)56-52-48-44-40-25-22-19-15-11-7-3/h64-66,71H,5-63H2,1-4H3,(H,76,77)(H,78,79)/t64-,65+,66+/m0/s1. The van der Waals surface area contributed by atoms with Gasteiger partial charge in [0.25, 0.3) is 0 Å². The molecule has 0 aromatic carbocycles. The van der Waals surface area contributed by atoms with E-state index >= 15 is 0 Å². The van der Waals surface area contributed by atoms with Gasteiger partial charge < -0.3 is 33.8 Å². The molecule has 19 heteroatoms. The number of phosphoric acid groups is 2. The molecule has 0 bridgehead atoms. The van der Waals surface area contributed by atoms with Gasteiger partial charge in [-0.1, -0.05) is 317 Å². The molecule has 0 spiro atoms. The topological polar surface area (TPSA) is 237 Å². The summed E-state index contributed by atoms with van der Waals surface area (Å²) >= 11 is 0. The van der Waals surface area contributed by atoms with Crippen LogP contribution in [0.4, 0.5) is 0 Å². The Hall–Kier alpha value is -1.94. The van der Waals surface area contributed by atoms with Crippen molar-refractivity contribution in [3.8, 4) is 0 Å². The Labute approximate surface area is 543 Å². The summed E-state index contributed by atoms with van der Waals surface area (Å²) in [5, 5.41) is 10.5. The fourth-order valence-corrected chi connectivity index (χ4v) is 12.3. The minimum absolute atomic E-state index is 0.106. The van der Waals surface area contributed by atoms with Crippen LogP contribution in [0, 0.1) is 0 Å². The summed E-state index contributed by atoms with van der Waals surface area (Å²) in [5.74, 6) is -2.13. The van der Waals surface area contributed by atoms with Crippen molar-refractivity contribution in [2.24, 2.45) is 0 Å². The molecule has 89 heavy (non-hydrogen) atoms. The summed E-state index contributed by atoms with van der Waals surface area (Å²) in [7, 11) is -9.89. The molecule has 528 valence electrons. The Morgan fingerprint density at radius 1 is 0.270 bits per heavy atom. The second-order valence-corrected chi connectivity index (χ2v) is 28.2. The van der Waals surface area contributed by atoms with Crippen LogP contribution in [0.25, 0.3) is 0 Å². The van der Waals surface area contributed by atoms with E-state index in [1.165, 1.54) is 193 Å². The Bertz CT molecular complexity index is 1710. The van der Waals surface area contributed by atoms with E-state index in [1.54, 1.807) is 0 Å². The summed E-state index contributed by atoms with van der Waals surface area (Å²) in [4.78, 5) is 72.2. The van der Waals surface area contributed by atoms with Gasteiger partial charge in [-0.2, -0.15) is 0 Å². The maximum atomic E-state index is 13.0. The highest BCUT2D eigenvalue weighted by atomic mass is 31.2. The molecule has 0 radical (unpaired) electrons. The van der Waals surface area contributed by atoms with Gasteiger partial charge in [-0.25, -0.2) is 9.13 Å². The maximum Gasteiger partial charge on any atom is 0.472 e. The maximum absolute atomic E-state index is 13.0. The van der Waals surface area contributed by atoms with Gasteiger partial charge in [0.15, 0.2) is 12.2 Å². The Morgan fingerprint density at radius 3 is 0.663 bits per heavy atom. The minimum atomic E-state index is -4.95. The molecule has 0 rings (SSSR count). The number of carbonyl (C=O) groups excluding carboxylic acids is 4. The zero-order valence-electron chi connectivity index (χ0n) is 57.4. The Morgan fingerprint density at radius 2 is 0.449 bits per heavy atom. The van der Waals surface area contributed by atoms with Gasteiger partial charge in [-0.05, 0) is 25.7 Å². The number of esters is 4. The first kappa shape index (κ1) is 87.1. The van der Waals surface area contributed by atoms with E-state index < -0.39 is 97.5 Å². The van der Waals surface area contributed by atoms with Crippen molar-refractivity contribution in [3.63, 3.8) is 0 Å². The first-order valence-electron chi connectivity index (χ1n) is 36.8. The number of unbranched alkanes of at least 4 members (excludes halogenated alkanes) is 45. The van der Waals surface area contributed by atoms with Crippen LogP contribution in [0.5, 0.6) is 0 Å². The van der Waals surface area contributed by atoms with Gasteiger partial charge in [0.1, 0.15) is 19.3 Å². The lowest BCUT2D eigenvalue weighted by molar-refractivity contribution is -0.161. The van der Waals surface area contributed by atoms with Crippen LogP contribution in [0.3, 0.4) is 0 Å². The van der Waals surface area contributed by atoms with Crippen molar-refractivity contribution >= 4 is 39.5 Å². The van der Waals surface area contributed by atoms with Crippen LogP contribution in [0.1, 0.15) is 368 Å². The highest BCUT2D eigenvalue weighted by molar-refractivity contribution is 7.47. The minimum Gasteiger partial charge on any atom is -0.462 e. The number of aliphatic hydroxyl groups excluding tert-OH is 1. The third kappa shape index (κ3) is 64.6. The summed E-state index contributed by atoms with van der Waals surface area (Å²) < 4.78 is 68.0. The van der Waals surface area contributed by atoms with Crippen LogP contribution in [0.2, 0.25) is 0 Å². The lowest BCUT2D eigenvalue weighted by atomic mass is 10.0. The lowest BCUT2D eigenvalue weighted by Gasteiger charge is -2.21. The first-order valence-corrected chi connectivity index (χ1v) is 39.8. The van der Waals surface area contributed by atoms with Crippen molar-refractivity contribution in [3.05, 3.63) is 0 Å². The third-order valence-electron chi connectivity index (χ3n) is 16.4. The number of rotatable bonds is 71. The van der Waals surface area contributed by atoms with Crippen LogP contribution in [0.15, 0.2) is 0 Å². The van der Waals surface area contributed by atoms with Gasteiger partial charge in [0, 0.05) is 25.7 Å². The number of carbonyl (C=O) groups is 4. The second kappa shape index (κ2) is 64.8. The molecule has 0 aromatic rings. The molecule has 0 amide bonds. The molecule has 2 unspecified atom stereocenters. The van der Waals surface area contributed by atoms with E-state index in [1.807, 2.05) is 0 Å². The quantitative estimate of drug-likeness (QED) is 0.0222. The summed E-state index contributed by atoms with van der Waals surface area (Å²) in [6.07, 6.45) is 53.1. The van der Waals surface area contributed by atoms with E-state index in [-0.39, 0.29) is 25.7 Å². The number of hydrogen-bond donors (Lipinski definition) is 3. The predicted molar refractivity (Wildman–Crippen MR) is 359 cm³/mol. The Kier molecular flexibility index (Phi) is 63.3. The molecule has 0 heterocycles. The van der Waals surface area contributed by atoms with Crippen molar-refractivity contribution in [1.82, 2.24) is 0 Å². The van der Waals surface area contributed by atoms with Crippen LogP contribution in [-0.4, -0.2) is 96.7 Å². The second-order valence-electron chi connectivity index (χ2n) is 25.3. The molecule has 5 atom stereocenters. The van der Waals surface area contributed by atoms with E-state index in [4.69, 9.17) is 37.0 Å². The molecule has 0 saturated carbocycles. The van der Waals surface area contributed by atoms with E-state index in [9.17, 15) is 43.2 Å². The van der Waals surface area contributed by atoms with Gasteiger partial charge >= 0.3 is 39.5 Å². The van der Waals surface area contributed by atoms with Crippen LogP contribution in [-0.2, 0) is 65.4 Å². The average Bonchev–Trinajstić information content (AvgIpc) is 3.73. The van der Waals surface area contributed by atoms with Crippen LogP contribution >= 0.6 is 15.6 Å². The lowest BCUT2D eigenvalue weighted by Crippen LogP contribution is -2.30. The zero-order chi connectivity index (χ0) is 65.4. The first-order chi connectivity index (χ1) is 43.2. The summed E-state index contributed by atoms with van der Waals surface area (Å²) in [6.45, 7) is 4.85. The molecule has 3 N–H and O–H groups in total. The molecule has 0 aliphatic rings. The van der Waals surface area contributed by atoms with E-state index in [2.05, 4.69) is 27.7 Å². The van der Waals surface area contributed by atoms with Crippen LogP contribution < -0.4 is 0 Å². The highest BCUT2D eigenvalue weighted by Gasteiger charge is 2.30. The van der Waals surface area contributed by atoms with E-state index in [0.29, 0.717) is 25.7 Å². The number of ether oxygens (including phenoxy) is 4. The normalized spacial score (nSPS) is 14.0. The Balaban J connectivity index is 5.14. The smallest absolute Gasteiger partial charge is 0.462 e. The summed E-state index contributed by atoms with van der Waals surface area (Å²) in [6, 6.07) is 0. The largest absolute Gasteiger partial charge is 0.472 e. The highest BCUT2D eigenvalue weighted by Crippen LogP contribution is 2.45. The van der Waals surface area contributed by atoms with Gasteiger partial charge in [-0.3, -0.25) is 37.3 Å². The van der Waals surface area contributed by atoms with Gasteiger partial charge in [-0.15, -0.1) is 0 Å². The van der Waals surface area contributed by atoms with E-state index in [0.717, 1.165) is 96.3 Å². The fourth-order valence-electron chi connectivity index (χ4n) is 10.7. The van der Waals surface area contributed by atoms with Gasteiger partial charge in [0.2, 0.25) is 0 Å². The van der Waals surface area contributed by atoms with Gasteiger partial charge in [0.05, 0.1) is 26.4 Å². The van der Waals surface area contributed by atoms with Crippen molar-refractivity contribution in [1.29, 1.82) is 0 Å². The molecule has 0 aromatic heterocycles.